The number of guanidine groups is 1. The molecule has 0 atom stereocenters. The summed E-state index contributed by atoms with van der Waals surface area (Å²) in [6.45, 7) is 5.33. The second-order valence-corrected chi connectivity index (χ2v) is 6.46. The van der Waals surface area contributed by atoms with Gasteiger partial charge in [-0.1, -0.05) is 12.1 Å². The van der Waals surface area contributed by atoms with Gasteiger partial charge in [-0.15, -0.1) is 11.3 Å². The predicted molar refractivity (Wildman–Crippen MR) is 98.2 cm³/mol. The minimum Gasteiger partial charge on any atom is -0.493 e. The first-order chi connectivity index (χ1) is 11.6. The molecular formula is C17H24N4O2S. The Labute approximate surface area is 146 Å². The standard InChI is InChI=1S/C17H24N4O2S/c1-11-15(24-12(2)21-11)10-20-17(18-3)19-9-13-7-6-8-14(22-4)16(13)23-5/h6-8H,9-10H2,1-5H3,(H2,18,19,20). The third kappa shape index (κ3) is 4.38. The summed E-state index contributed by atoms with van der Waals surface area (Å²) < 4.78 is 10.8. The number of nitrogens with zero attached hydrogens (tertiary/aromatic N) is 2. The first kappa shape index (κ1) is 18.1. The van der Waals surface area contributed by atoms with E-state index < -0.39 is 0 Å². The third-order valence-corrected chi connectivity index (χ3v) is 4.64. The lowest BCUT2D eigenvalue weighted by molar-refractivity contribution is 0.351. The molecule has 6 nitrogen and oxygen atoms in total. The number of thiazole rings is 1. The minimum atomic E-state index is 0.584. The average Bonchev–Trinajstić information content (AvgIpc) is 2.92. The lowest BCUT2D eigenvalue weighted by Gasteiger charge is -2.15. The minimum absolute atomic E-state index is 0.584. The van der Waals surface area contributed by atoms with Crippen LogP contribution in [-0.2, 0) is 13.1 Å². The molecule has 2 N–H and O–H groups in total. The zero-order chi connectivity index (χ0) is 17.5. The van der Waals surface area contributed by atoms with Crippen LogP contribution in [0.2, 0.25) is 0 Å². The van der Waals surface area contributed by atoms with Crippen LogP contribution in [0.15, 0.2) is 23.2 Å². The van der Waals surface area contributed by atoms with Crippen LogP contribution in [0.1, 0.15) is 21.1 Å². The van der Waals surface area contributed by atoms with E-state index in [-0.39, 0.29) is 0 Å². The van der Waals surface area contributed by atoms with Crippen molar-refractivity contribution in [1.82, 2.24) is 15.6 Å². The van der Waals surface area contributed by atoms with E-state index in [1.54, 1.807) is 32.6 Å². The van der Waals surface area contributed by atoms with Gasteiger partial charge in [0.1, 0.15) is 0 Å². The summed E-state index contributed by atoms with van der Waals surface area (Å²) in [5.41, 5.74) is 2.07. The van der Waals surface area contributed by atoms with Crippen molar-refractivity contribution >= 4 is 17.3 Å². The van der Waals surface area contributed by atoms with Gasteiger partial charge in [-0.25, -0.2) is 4.98 Å². The highest BCUT2D eigenvalue weighted by molar-refractivity contribution is 7.11. The van der Waals surface area contributed by atoms with E-state index in [0.717, 1.165) is 33.7 Å². The van der Waals surface area contributed by atoms with Gasteiger partial charge in [0.15, 0.2) is 17.5 Å². The summed E-state index contributed by atoms with van der Waals surface area (Å²) in [6.07, 6.45) is 0. The van der Waals surface area contributed by atoms with Gasteiger partial charge in [0.25, 0.3) is 0 Å². The van der Waals surface area contributed by atoms with Gasteiger partial charge in [0.05, 0.1) is 31.5 Å². The van der Waals surface area contributed by atoms with Crippen molar-refractivity contribution in [3.63, 3.8) is 0 Å². The molecule has 0 bridgehead atoms. The van der Waals surface area contributed by atoms with Gasteiger partial charge in [-0.3, -0.25) is 4.99 Å². The van der Waals surface area contributed by atoms with Crippen molar-refractivity contribution in [1.29, 1.82) is 0 Å². The van der Waals surface area contributed by atoms with Crippen LogP contribution >= 0.6 is 11.3 Å². The van der Waals surface area contributed by atoms with E-state index in [2.05, 4.69) is 20.6 Å². The first-order valence-corrected chi connectivity index (χ1v) is 8.48. The highest BCUT2D eigenvalue weighted by atomic mass is 32.1. The van der Waals surface area contributed by atoms with Crippen molar-refractivity contribution in [3.8, 4) is 11.5 Å². The lowest BCUT2D eigenvalue weighted by atomic mass is 10.2. The monoisotopic (exact) mass is 348 g/mol. The Morgan fingerprint density at radius 1 is 1.17 bits per heavy atom. The molecule has 0 saturated heterocycles. The number of benzene rings is 1. The van der Waals surface area contributed by atoms with Crippen LogP contribution in [0.25, 0.3) is 0 Å². The third-order valence-electron chi connectivity index (χ3n) is 3.57. The van der Waals surface area contributed by atoms with Crippen molar-refractivity contribution in [3.05, 3.63) is 39.3 Å². The molecule has 1 heterocycles. The average molecular weight is 348 g/mol. The van der Waals surface area contributed by atoms with E-state index in [4.69, 9.17) is 9.47 Å². The van der Waals surface area contributed by atoms with Crippen molar-refractivity contribution in [2.75, 3.05) is 21.3 Å². The maximum absolute atomic E-state index is 5.45. The van der Waals surface area contributed by atoms with Crippen molar-refractivity contribution < 1.29 is 9.47 Å². The SMILES string of the molecule is CN=C(NCc1cccc(OC)c1OC)NCc1sc(C)nc1C. The fourth-order valence-electron chi connectivity index (χ4n) is 2.39. The van der Waals surface area contributed by atoms with Crippen LogP contribution in [0, 0.1) is 13.8 Å². The number of aryl methyl sites for hydroxylation is 2. The second kappa shape index (κ2) is 8.54. The summed E-state index contributed by atoms with van der Waals surface area (Å²) in [5.74, 6) is 2.18. The quantitative estimate of drug-likeness (QED) is 0.620. The molecule has 2 aromatic rings. The smallest absolute Gasteiger partial charge is 0.191 e. The maximum atomic E-state index is 5.45. The molecule has 130 valence electrons. The van der Waals surface area contributed by atoms with E-state index in [1.165, 1.54) is 4.88 Å². The Balaban J connectivity index is 1.98. The fraction of sp³-hybridized carbons (Fsp3) is 0.412. The van der Waals surface area contributed by atoms with E-state index in [1.807, 2.05) is 32.0 Å². The first-order valence-electron chi connectivity index (χ1n) is 7.66. The molecule has 0 aliphatic carbocycles. The second-order valence-electron chi connectivity index (χ2n) is 5.17. The van der Waals surface area contributed by atoms with E-state index >= 15 is 0 Å². The highest BCUT2D eigenvalue weighted by Crippen LogP contribution is 2.30. The topological polar surface area (TPSA) is 67.8 Å². The number of ether oxygens (including phenoxy) is 2. The summed E-state index contributed by atoms with van der Waals surface area (Å²) in [6, 6.07) is 5.82. The number of aromatic nitrogens is 1. The number of para-hydroxylation sites is 1. The zero-order valence-electron chi connectivity index (χ0n) is 14.8. The number of nitrogens with one attached hydrogen (secondary N) is 2. The Kier molecular flexibility index (Phi) is 6.43. The molecule has 0 saturated carbocycles. The van der Waals surface area contributed by atoms with Crippen molar-refractivity contribution in [2.45, 2.75) is 26.9 Å². The van der Waals surface area contributed by atoms with Crippen molar-refractivity contribution in [2.24, 2.45) is 4.99 Å². The molecule has 1 aromatic heterocycles. The van der Waals surface area contributed by atoms with Gasteiger partial charge in [0, 0.05) is 24.0 Å². The number of aliphatic imine (C=N–C) groups is 1. The molecule has 0 aliphatic heterocycles. The predicted octanol–water partition coefficient (Wildman–Crippen LogP) is 2.64. The molecule has 7 heteroatoms. The normalized spacial score (nSPS) is 11.3. The highest BCUT2D eigenvalue weighted by Gasteiger charge is 2.10. The summed E-state index contributed by atoms with van der Waals surface area (Å²) in [4.78, 5) is 9.91. The van der Waals surface area contributed by atoms with Gasteiger partial charge >= 0.3 is 0 Å². The molecule has 24 heavy (non-hydrogen) atoms. The van der Waals surface area contributed by atoms with Gasteiger partial charge in [-0.05, 0) is 19.9 Å². The largest absolute Gasteiger partial charge is 0.493 e. The van der Waals surface area contributed by atoms with Crippen LogP contribution in [0.4, 0.5) is 0 Å². The maximum Gasteiger partial charge on any atom is 0.191 e. The molecule has 0 aliphatic rings. The van der Waals surface area contributed by atoms with Crippen LogP contribution in [-0.4, -0.2) is 32.2 Å². The summed E-state index contributed by atoms with van der Waals surface area (Å²) >= 11 is 1.70. The van der Waals surface area contributed by atoms with Gasteiger partial charge in [0.2, 0.25) is 0 Å². The molecule has 0 radical (unpaired) electrons. The summed E-state index contributed by atoms with van der Waals surface area (Å²) in [5, 5.41) is 7.69. The van der Waals surface area contributed by atoms with E-state index in [9.17, 15) is 0 Å². The van der Waals surface area contributed by atoms with Crippen LogP contribution < -0.4 is 20.1 Å². The number of hydrogen-bond donors (Lipinski definition) is 2. The number of methoxy groups -OCH3 is 2. The number of hydrogen-bond acceptors (Lipinski definition) is 5. The van der Waals surface area contributed by atoms with Crippen LogP contribution in [0.3, 0.4) is 0 Å². The Hall–Kier alpha value is -2.28. The Morgan fingerprint density at radius 3 is 2.50 bits per heavy atom. The van der Waals surface area contributed by atoms with E-state index in [0.29, 0.717) is 13.1 Å². The summed E-state index contributed by atoms with van der Waals surface area (Å²) in [7, 11) is 5.03. The molecule has 0 fully saturated rings. The fourth-order valence-corrected chi connectivity index (χ4v) is 3.27. The molecule has 0 unspecified atom stereocenters. The Morgan fingerprint density at radius 2 is 1.92 bits per heavy atom. The van der Waals surface area contributed by atoms with Crippen LogP contribution in [0.5, 0.6) is 11.5 Å². The lowest BCUT2D eigenvalue weighted by Crippen LogP contribution is -2.36. The van der Waals surface area contributed by atoms with Gasteiger partial charge < -0.3 is 20.1 Å². The molecule has 0 spiro atoms. The zero-order valence-corrected chi connectivity index (χ0v) is 15.6. The Bertz CT molecular complexity index is 713. The van der Waals surface area contributed by atoms with Gasteiger partial charge in [-0.2, -0.15) is 0 Å². The number of rotatable bonds is 6. The molecule has 1 aromatic carbocycles. The molecule has 2 rings (SSSR count). The molecular weight excluding hydrogens is 324 g/mol. The molecule has 0 amide bonds.